The van der Waals surface area contributed by atoms with E-state index in [0.717, 1.165) is 62.2 Å². The topological polar surface area (TPSA) is 54.9 Å². The largest absolute Gasteiger partial charge is 0.444 e. The lowest BCUT2D eigenvalue weighted by atomic mass is 9.69. The van der Waals surface area contributed by atoms with Crippen molar-refractivity contribution in [2.45, 2.75) is 122 Å². The highest BCUT2D eigenvalue weighted by Crippen LogP contribution is 2.52. The van der Waals surface area contributed by atoms with Gasteiger partial charge in [0, 0.05) is 52.0 Å². The van der Waals surface area contributed by atoms with Gasteiger partial charge >= 0.3 is 6.09 Å². The van der Waals surface area contributed by atoms with Crippen molar-refractivity contribution in [3.05, 3.63) is 45.9 Å². The highest BCUT2D eigenvalue weighted by Gasteiger charge is 2.55. The summed E-state index contributed by atoms with van der Waals surface area (Å²) in [7, 11) is -1.87. The van der Waals surface area contributed by atoms with E-state index in [9.17, 15) is 4.79 Å². The van der Waals surface area contributed by atoms with E-state index < -0.39 is 13.9 Å². The molecule has 238 valence electrons. The van der Waals surface area contributed by atoms with Crippen molar-refractivity contribution < 1.29 is 14.0 Å². The third kappa shape index (κ3) is 5.92. The number of hydrogen-bond acceptors (Lipinski definition) is 6. The molecule has 1 saturated heterocycles. The minimum atomic E-state index is -1.87. The maximum atomic E-state index is 13.2. The first-order valence-corrected chi connectivity index (χ1v) is 20.3. The molecule has 0 radical (unpaired) electrons. The Bertz CT molecular complexity index is 1570. The monoisotopic (exact) mass is 653 g/mol. The fourth-order valence-electron chi connectivity index (χ4n) is 7.05. The van der Waals surface area contributed by atoms with Crippen molar-refractivity contribution in [3.8, 4) is 11.1 Å². The van der Waals surface area contributed by atoms with Crippen LogP contribution in [0.4, 0.5) is 10.5 Å². The summed E-state index contributed by atoms with van der Waals surface area (Å²) in [6.07, 6.45) is 7.94. The number of fused-ring (bicyclic) bond motifs is 2. The Morgan fingerprint density at radius 1 is 1.09 bits per heavy atom. The third-order valence-corrected chi connectivity index (χ3v) is 16.1. The molecule has 1 saturated carbocycles. The molecule has 2 aromatic heterocycles. The van der Waals surface area contributed by atoms with E-state index in [-0.39, 0.29) is 16.7 Å². The molecule has 1 aliphatic carbocycles. The first-order valence-electron chi connectivity index (χ1n) is 16.2. The molecule has 4 heterocycles. The van der Waals surface area contributed by atoms with E-state index >= 15 is 0 Å². The molecule has 0 N–H and O–H groups in total. The Labute approximate surface area is 273 Å². The van der Waals surface area contributed by atoms with Gasteiger partial charge in [-0.15, -0.1) is 11.3 Å². The summed E-state index contributed by atoms with van der Waals surface area (Å²) in [5.41, 5.74) is 5.44. The van der Waals surface area contributed by atoms with E-state index in [1.54, 1.807) is 11.3 Å². The highest BCUT2D eigenvalue weighted by atomic mass is 35.5. The zero-order valence-electron chi connectivity index (χ0n) is 27.7. The molecule has 6 nitrogen and oxygen atoms in total. The molecule has 2 fully saturated rings. The number of aromatic nitrogens is 1. The number of anilines is 1. The Morgan fingerprint density at radius 2 is 1.84 bits per heavy atom. The van der Waals surface area contributed by atoms with Gasteiger partial charge < -0.3 is 19.0 Å². The van der Waals surface area contributed by atoms with Crippen molar-refractivity contribution in [1.82, 2.24) is 9.88 Å². The number of amides is 1. The average molecular weight is 654 g/mol. The molecule has 9 heteroatoms. The number of pyridine rings is 1. The van der Waals surface area contributed by atoms with Crippen LogP contribution in [0.3, 0.4) is 0 Å². The van der Waals surface area contributed by atoms with Crippen molar-refractivity contribution in [2.75, 3.05) is 18.0 Å². The summed E-state index contributed by atoms with van der Waals surface area (Å²) in [4.78, 5) is 23.8. The first-order chi connectivity index (χ1) is 20.6. The van der Waals surface area contributed by atoms with Crippen LogP contribution in [0.25, 0.3) is 21.3 Å². The molecule has 1 amide bonds. The van der Waals surface area contributed by atoms with E-state index in [0.29, 0.717) is 12.6 Å². The average Bonchev–Trinajstić information content (AvgIpc) is 3.53. The molecule has 44 heavy (non-hydrogen) atoms. The minimum Gasteiger partial charge on any atom is -0.444 e. The Morgan fingerprint density at radius 3 is 2.55 bits per heavy atom. The number of aryl methyl sites for hydroxylation is 1. The van der Waals surface area contributed by atoms with Gasteiger partial charge in [0.05, 0.1) is 22.4 Å². The zero-order valence-corrected chi connectivity index (χ0v) is 30.3. The van der Waals surface area contributed by atoms with Crippen LogP contribution in [0.1, 0.15) is 84.1 Å². The molecule has 0 unspecified atom stereocenters. The van der Waals surface area contributed by atoms with E-state index in [1.807, 2.05) is 31.9 Å². The van der Waals surface area contributed by atoms with Crippen LogP contribution in [0.2, 0.25) is 23.2 Å². The summed E-state index contributed by atoms with van der Waals surface area (Å²) < 4.78 is 13.6. The van der Waals surface area contributed by atoms with Crippen LogP contribution < -0.4 is 4.90 Å². The Hall–Kier alpha value is -2.13. The summed E-state index contributed by atoms with van der Waals surface area (Å²) in [5, 5.41) is 0.944. The van der Waals surface area contributed by atoms with Crippen molar-refractivity contribution in [2.24, 2.45) is 0 Å². The van der Waals surface area contributed by atoms with Crippen molar-refractivity contribution in [3.63, 3.8) is 0 Å². The standard InChI is InChI=1S/C35H48ClN3O3SSi/c1-33(2,3)42-32(40)39-16-10-13-35(39)20-25(21-35)38-15-9-11-23-17-24(36)18-28(30(23)38)27-12-14-37-29-19-26(43-31(27)29)22-41-44(7,8)34(4,5)6/h12,14,17-19,25H,9-11,13,15-16,20-22H2,1-8H3. The first kappa shape index (κ1) is 31.8. The predicted molar refractivity (Wildman–Crippen MR) is 186 cm³/mol. The maximum absolute atomic E-state index is 13.2. The smallest absolute Gasteiger partial charge is 0.410 e. The minimum absolute atomic E-state index is 0.0894. The molecule has 2 aliphatic heterocycles. The lowest BCUT2D eigenvalue weighted by Crippen LogP contribution is -2.63. The molecule has 0 bridgehead atoms. The molecular formula is C35H48ClN3O3SSi. The number of nitrogens with zero attached hydrogens (tertiary/aromatic N) is 3. The lowest BCUT2D eigenvalue weighted by Gasteiger charge is -2.55. The lowest BCUT2D eigenvalue weighted by molar-refractivity contribution is -0.0158. The summed E-state index contributed by atoms with van der Waals surface area (Å²) in [6, 6.07) is 9.04. The number of thiophene rings is 1. The number of carbonyl (C=O) groups is 1. The highest BCUT2D eigenvalue weighted by molar-refractivity contribution is 7.19. The molecule has 3 aromatic rings. The SMILES string of the molecule is CC(C)(C)OC(=O)N1CCCC12CC(N1CCCc3cc(Cl)cc(-c4ccnc5cc(CO[Si](C)(C)C(C)(C)C)sc45)c31)C2. The van der Waals surface area contributed by atoms with Gasteiger partial charge in [0.2, 0.25) is 0 Å². The van der Waals surface area contributed by atoms with E-state index in [4.69, 9.17) is 25.7 Å². The number of carbonyl (C=O) groups excluding carboxylic acids is 1. The molecule has 6 rings (SSSR count). The quantitative estimate of drug-likeness (QED) is 0.257. The summed E-state index contributed by atoms with van der Waals surface area (Å²) in [5.74, 6) is 0. The van der Waals surface area contributed by atoms with Gasteiger partial charge in [0.15, 0.2) is 8.32 Å². The fraction of sp³-hybridized carbons (Fsp3) is 0.600. The third-order valence-electron chi connectivity index (χ3n) is 10.3. The van der Waals surface area contributed by atoms with Gasteiger partial charge in [0.1, 0.15) is 5.60 Å². The van der Waals surface area contributed by atoms with Crippen LogP contribution >= 0.6 is 22.9 Å². The van der Waals surface area contributed by atoms with E-state index in [1.165, 1.54) is 32.0 Å². The number of ether oxygens (including phenoxy) is 1. The summed E-state index contributed by atoms with van der Waals surface area (Å²) in [6.45, 7) is 19.7. The molecule has 1 spiro atoms. The van der Waals surface area contributed by atoms with Gasteiger partial charge in [-0.3, -0.25) is 4.98 Å². The molecule has 0 atom stereocenters. The number of likely N-dealkylation sites (tertiary alicyclic amines) is 1. The predicted octanol–water partition coefficient (Wildman–Crippen LogP) is 9.82. The number of halogens is 1. The van der Waals surface area contributed by atoms with Crippen LogP contribution in [-0.2, 0) is 22.2 Å². The van der Waals surface area contributed by atoms with Crippen LogP contribution in [0.15, 0.2) is 30.5 Å². The van der Waals surface area contributed by atoms with Gasteiger partial charge in [-0.1, -0.05) is 32.4 Å². The van der Waals surface area contributed by atoms with Crippen molar-refractivity contribution >= 4 is 53.3 Å². The van der Waals surface area contributed by atoms with Crippen LogP contribution in [-0.4, -0.2) is 54.6 Å². The fourth-order valence-corrected chi connectivity index (χ4v) is 9.40. The Kier molecular flexibility index (Phi) is 8.16. The Balaban J connectivity index is 1.31. The molecule has 3 aliphatic rings. The maximum Gasteiger partial charge on any atom is 0.410 e. The van der Waals surface area contributed by atoms with Crippen LogP contribution in [0.5, 0.6) is 0 Å². The van der Waals surface area contributed by atoms with Gasteiger partial charge in [-0.2, -0.15) is 0 Å². The normalized spacial score (nSPS) is 22.4. The number of hydrogen-bond donors (Lipinski definition) is 0. The second-order valence-electron chi connectivity index (χ2n) is 15.6. The van der Waals surface area contributed by atoms with Gasteiger partial charge in [-0.05, 0) is 107 Å². The van der Waals surface area contributed by atoms with Crippen molar-refractivity contribution in [1.29, 1.82) is 0 Å². The number of benzene rings is 1. The molecule has 1 aromatic carbocycles. The summed E-state index contributed by atoms with van der Waals surface area (Å²) >= 11 is 8.60. The van der Waals surface area contributed by atoms with Crippen LogP contribution in [0, 0.1) is 0 Å². The second-order valence-corrected chi connectivity index (χ2v) is 22.0. The van der Waals surface area contributed by atoms with E-state index in [2.05, 4.69) is 63.0 Å². The molecular weight excluding hydrogens is 606 g/mol. The number of rotatable bonds is 5. The van der Waals surface area contributed by atoms with Gasteiger partial charge in [0.25, 0.3) is 0 Å². The van der Waals surface area contributed by atoms with Gasteiger partial charge in [-0.25, -0.2) is 4.79 Å². The second kappa shape index (κ2) is 11.3. The zero-order chi connectivity index (χ0) is 31.7.